The molecule has 182 valence electrons. The minimum atomic E-state index is -0.592. The molecule has 2 aromatic rings. The van der Waals surface area contributed by atoms with Crippen molar-refractivity contribution in [2.75, 3.05) is 26.9 Å². The molecule has 34 heavy (non-hydrogen) atoms. The number of hydrogen-bond donors (Lipinski definition) is 0. The molecule has 1 saturated carbocycles. The van der Waals surface area contributed by atoms with E-state index in [0.29, 0.717) is 36.9 Å². The first-order valence-corrected chi connectivity index (χ1v) is 12.0. The summed E-state index contributed by atoms with van der Waals surface area (Å²) in [5, 5.41) is 0. The van der Waals surface area contributed by atoms with Gasteiger partial charge in [-0.2, -0.15) is 0 Å². The van der Waals surface area contributed by atoms with Crippen LogP contribution >= 0.6 is 0 Å². The standard InChI is InChI=1S/C27H33NO6/c1-16(2)22-10-19-11-26(33-9-5-8-32-4)21(27(31)34-15-25(30)18-6-7-18)12-20(19)23-13-24(29)17(3)14-28(22)23/h11-14,16,18,22H,5-10,15H2,1-4H3. The van der Waals surface area contributed by atoms with E-state index in [0.717, 1.165) is 36.1 Å². The summed E-state index contributed by atoms with van der Waals surface area (Å²) in [6.07, 6.45) is 5.07. The molecule has 1 aromatic carbocycles. The first-order chi connectivity index (χ1) is 16.3. The minimum Gasteiger partial charge on any atom is -0.493 e. The third-order valence-corrected chi connectivity index (χ3v) is 6.65. The number of nitrogens with zero attached hydrogens (tertiary/aromatic N) is 1. The molecular formula is C27H33NO6. The number of methoxy groups -OCH3 is 1. The molecule has 1 aromatic heterocycles. The smallest absolute Gasteiger partial charge is 0.342 e. The van der Waals surface area contributed by atoms with Gasteiger partial charge in [0.1, 0.15) is 11.3 Å². The fourth-order valence-corrected chi connectivity index (χ4v) is 4.46. The zero-order valence-electron chi connectivity index (χ0n) is 20.4. The number of aromatic nitrogens is 1. The lowest BCUT2D eigenvalue weighted by Gasteiger charge is -2.34. The molecule has 0 saturated heterocycles. The minimum absolute atomic E-state index is 0.0241. The van der Waals surface area contributed by atoms with E-state index in [4.69, 9.17) is 14.2 Å². The molecule has 2 heterocycles. The van der Waals surface area contributed by atoms with Crippen LogP contribution in [-0.4, -0.2) is 43.3 Å². The van der Waals surface area contributed by atoms with E-state index in [1.807, 2.05) is 19.2 Å². The highest BCUT2D eigenvalue weighted by Crippen LogP contribution is 2.40. The summed E-state index contributed by atoms with van der Waals surface area (Å²) in [7, 11) is 1.63. The van der Waals surface area contributed by atoms with Crippen molar-refractivity contribution < 1.29 is 23.8 Å². The first kappa shape index (κ1) is 24.2. The zero-order valence-corrected chi connectivity index (χ0v) is 20.4. The fraction of sp³-hybridized carbons (Fsp3) is 0.519. The van der Waals surface area contributed by atoms with Gasteiger partial charge in [0.25, 0.3) is 0 Å². The number of esters is 1. The van der Waals surface area contributed by atoms with Crippen LogP contribution in [-0.2, 0) is 20.7 Å². The highest BCUT2D eigenvalue weighted by Gasteiger charge is 2.32. The van der Waals surface area contributed by atoms with Crippen LogP contribution in [0.25, 0.3) is 11.3 Å². The number of ketones is 1. The van der Waals surface area contributed by atoms with Gasteiger partial charge in [-0.05, 0) is 49.8 Å². The lowest BCUT2D eigenvalue weighted by atomic mass is 9.86. The molecule has 4 rings (SSSR count). The third kappa shape index (κ3) is 5.09. The summed E-state index contributed by atoms with van der Waals surface area (Å²) in [6, 6.07) is 5.47. The third-order valence-electron chi connectivity index (χ3n) is 6.65. The van der Waals surface area contributed by atoms with E-state index in [-0.39, 0.29) is 35.3 Å². The Balaban J connectivity index is 1.73. The Bertz CT molecular complexity index is 1140. The number of pyridine rings is 1. The molecule has 1 aliphatic heterocycles. The molecule has 1 atom stereocenters. The Kier molecular flexibility index (Phi) is 7.22. The van der Waals surface area contributed by atoms with Crippen LogP contribution in [0.3, 0.4) is 0 Å². The average molecular weight is 468 g/mol. The first-order valence-electron chi connectivity index (χ1n) is 12.0. The molecule has 0 bridgehead atoms. The maximum atomic E-state index is 13.0. The summed E-state index contributed by atoms with van der Waals surface area (Å²) >= 11 is 0. The molecule has 2 aliphatic rings. The van der Waals surface area contributed by atoms with Crippen LogP contribution in [0.2, 0.25) is 0 Å². The normalized spacial score (nSPS) is 16.7. The summed E-state index contributed by atoms with van der Waals surface area (Å²) in [5.74, 6) is 0.171. The number of aryl methyl sites for hydroxylation is 1. The van der Waals surface area contributed by atoms with Crippen LogP contribution in [0.15, 0.2) is 29.2 Å². The van der Waals surface area contributed by atoms with E-state index in [1.54, 1.807) is 19.2 Å². The maximum Gasteiger partial charge on any atom is 0.342 e. The number of carbonyl (C=O) groups excluding carboxylic acids is 2. The second-order valence-corrected chi connectivity index (χ2v) is 9.65. The summed E-state index contributed by atoms with van der Waals surface area (Å²) in [4.78, 5) is 37.7. The van der Waals surface area contributed by atoms with Gasteiger partial charge in [-0.1, -0.05) is 13.8 Å². The highest BCUT2D eigenvalue weighted by molar-refractivity contribution is 5.96. The molecule has 1 aliphatic carbocycles. The van der Waals surface area contributed by atoms with Crippen molar-refractivity contribution in [3.8, 4) is 17.0 Å². The SMILES string of the molecule is COCCCOc1cc2c(cc1C(=O)OCC(=O)C1CC1)-c1cc(=O)c(C)cn1C(C(C)C)C2. The molecular weight excluding hydrogens is 434 g/mol. The van der Waals surface area contributed by atoms with Crippen LogP contribution in [0.5, 0.6) is 5.75 Å². The Morgan fingerprint density at radius 2 is 1.91 bits per heavy atom. The van der Waals surface area contributed by atoms with Crippen molar-refractivity contribution in [2.24, 2.45) is 11.8 Å². The van der Waals surface area contributed by atoms with Crippen molar-refractivity contribution in [1.29, 1.82) is 0 Å². The number of hydrogen-bond acceptors (Lipinski definition) is 6. The van der Waals surface area contributed by atoms with E-state index in [2.05, 4.69) is 18.4 Å². The van der Waals surface area contributed by atoms with Crippen molar-refractivity contribution in [3.05, 3.63) is 51.3 Å². The predicted molar refractivity (Wildman–Crippen MR) is 128 cm³/mol. The van der Waals surface area contributed by atoms with Crippen molar-refractivity contribution >= 4 is 11.8 Å². The van der Waals surface area contributed by atoms with Gasteiger partial charge < -0.3 is 18.8 Å². The Labute approximate surface area is 200 Å². The lowest BCUT2D eigenvalue weighted by molar-refractivity contribution is -0.123. The van der Waals surface area contributed by atoms with Gasteiger partial charge >= 0.3 is 5.97 Å². The van der Waals surface area contributed by atoms with Crippen LogP contribution < -0.4 is 10.2 Å². The zero-order chi connectivity index (χ0) is 24.4. The second kappa shape index (κ2) is 10.1. The van der Waals surface area contributed by atoms with Crippen LogP contribution in [0.4, 0.5) is 0 Å². The number of Topliss-reactive ketones (excluding diaryl/α,β-unsaturated/α-hetero) is 1. The molecule has 0 spiro atoms. The molecule has 1 unspecified atom stereocenters. The van der Waals surface area contributed by atoms with Crippen LogP contribution in [0, 0.1) is 18.8 Å². The molecule has 7 heteroatoms. The fourth-order valence-electron chi connectivity index (χ4n) is 4.46. The molecule has 0 amide bonds. The summed E-state index contributed by atoms with van der Waals surface area (Å²) in [5.41, 5.74) is 3.54. The summed E-state index contributed by atoms with van der Waals surface area (Å²) in [6.45, 7) is 6.85. The van der Waals surface area contributed by atoms with Crippen molar-refractivity contribution in [1.82, 2.24) is 4.57 Å². The van der Waals surface area contributed by atoms with Gasteiger partial charge in [0.2, 0.25) is 0 Å². The number of ether oxygens (including phenoxy) is 3. The monoisotopic (exact) mass is 467 g/mol. The van der Waals surface area contributed by atoms with Gasteiger partial charge in [0, 0.05) is 55.5 Å². The quantitative estimate of drug-likeness (QED) is 0.386. The topological polar surface area (TPSA) is 83.8 Å². The molecule has 0 radical (unpaired) electrons. The Hall–Kier alpha value is -2.93. The predicted octanol–water partition coefficient (Wildman–Crippen LogP) is 4.13. The van der Waals surface area contributed by atoms with E-state index >= 15 is 0 Å². The number of benzene rings is 1. The van der Waals surface area contributed by atoms with Gasteiger partial charge in [-0.15, -0.1) is 0 Å². The molecule has 0 N–H and O–H groups in total. The number of fused-ring (bicyclic) bond motifs is 3. The molecule has 1 fully saturated rings. The second-order valence-electron chi connectivity index (χ2n) is 9.65. The molecule has 7 nitrogen and oxygen atoms in total. The van der Waals surface area contributed by atoms with Crippen molar-refractivity contribution in [2.45, 2.75) is 52.5 Å². The number of carbonyl (C=O) groups is 2. The average Bonchev–Trinajstić information content (AvgIpc) is 3.65. The largest absolute Gasteiger partial charge is 0.493 e. The summed E-state index contributed by atoms with van der Waals surface area (Å²) < 4.78 is 18.6. The van der Waals surface area contributed by atoms with Crippen LogP contribution in [0.1, 0.15) is 60.6 Å². The van der Waals surface area contributed by atoms with E-state index in [1.165, 1.54) is 0 Å². The van der Waals surface area contributed by atoms with Gasteiger partial charge in [-0.25, -0.2) is 4.79 Å². The maximum absolute atomic E-state index is 13.0. The number of rotatable bonds is 10. The Morgan fingerprint density at radius 1 is 1.15 bits per heavy atom. The van der Waals surface area contributed by atoms with Crippen molar-refractivity contribution in [3.63, 3.8) is 0 Å². The van der Waals surface area contributed by atoms with Gasteiger partial charge in [0.15, 0.2) is 17.8 Å². The Morgan fingerprint density at radius 3 is 2.59 bits per heavy atom. The van der Waals surface area contributed by atoms with E-state index in [9.17, 15) is 14.4 Å². The highest BCUT2D eigenvalue weighted by atomic mass is 16.5. The van der Waals surface area contributed by atoms with Gasteiger partial charge in [-0.3, -0.25) is 9.59 Å². The lowest BCUT2D eigenvalue weighted by Crippen LogP contribution is -2.27. The van der Waals surface area contributed by atoms with Gasteiger partial charge in [0.05, 0.1) is 12.3 Å². The van der Waals surface area contributed by atoms with E-state index < -0.39 is 5.97 Å².